The van der Waals surface area contributed by atoms with Gasteiger partial charge < -0.3 is 20.6 Å². The molecule has 0 bridgehead atoms. The molecule has 25 heavy (non-hydrogen) atoms. The number of hydrogen-bond donors (Lipinski definition) is 4. The van der Waals surface area contributed by atoms with Crippen LogP contribution in [0.3, 0.4) is 0 Å². The van der Waals surface area contributed by atoms with E-state index in [-0.39, 0.29) is 17.5 Å². The highest BCUT2D eigenvalue weighted by Crippen LogP contribution is 2.15. The Kier molecular flexibility index (Phi) is 4.58. The van der Waals surface area contributed by atoms with Crippen LogP contribution in [0.1, 0.15) is 17.3 Å². The predicted molar refractivity (Wildman–Crippen MR) is 95.9 cm³/mol. The molecule has 1 atom stereocenters. The number of amides is 2. The molecule has 0 aliphatic heterocycles. The van der Waals surface area contributed by atoms with Crippen LogP contribution in [0, 0.1) is 0 Å². The van der Waals surface area contributed by atoms with Gasteiger partial charge in [-0.15, -0.1) is 0 Å². The molecular formula is C17H15ClN4O3. The number of rotatable bonds is 4. The minimum atomic E-state index is -0.746. The number of nitrogens with one attached hydrogen (secondary N) is 4. The molecule has 128 valence electrons. The van der Waals surface area contributed by atoms with E-state index in [0.29, 0.717) is 27.3 Å². The van der Waals surface area contributed by atoms with Gasteiger partial charge in [0.2, 0.25) is 5.91 Å². The number of fused-ring (bicyclic) bond motifs is 1. The summed E-state index contributed by atoms with van der Waals surface area (Å²) in [6.07, 6.45) is 0. The number of benzene rings is 2. The van der Waals surface area contributed by atoms with E-state index in [1.807, 2.05) is 0 Å². The van der Waals surface area contributed by atoms with Crippen LogP contribution in [0.15, 0.2) is 47.3 Å². The Hall–Kier alpha value is -3.06. The van der Waals surface area contributed by atoms with Crippen molar-refractivity contribution in [2.24, 2.45) is 0 Å². The average Bonchev–Trinajstić information content (AvgIpc) is 2.94. The summed E-state index contributed by atoms with van der Waals surface area (Å²) >= 11 is 5.79. The molecule has 0 radical (unpaired) electrons. The number of aromatic amines is 2. The molecule has 4 N–H and O–H groups in total. The first kappa shape index (κ1) is 16.8. The summed E-state index contributed by atoms with van der Waals surface area (Å²) in [7, 11) is 0. The number of carbonyl (C=O) groups excluding carboxylic acids is 2. The average molecular weight is 359 g/mol. The molecule has 2 amide bonds. The van der Waals surface area contributed by atoms with Gasteiger partial charge in [-0.2, -0.15) is 0 Å². The van der Waals surface area contributed by atoms with Gasteiger partial charge in [0, 0.05) is 16.3 Å². The Morgan fingerprint density at radius 1 is 1.04 bits per heavy atom. The zero-order valence-electron chi connectivity index (χ0n) is 13.2. The predicted octanol–water partition coefficient (Wildman–Crippen LogP) is 2.27. The second-order valence-corrected chi connectivity index (χ2v) is 5.97. The van der Waals surface area contributed by atoms with Crippen LogP contribution >= 0.6 is 11.6 Å². The smallest absolute Gasteiger partial charge is 0.323 e. The number of aromatic nitrogens is 2. The van der Waals surface area contributed by atoms with Gasteiger partial charge in [-0.3, -0.25) is 9.59 Å². The van der Waals surface area contributed by atoms with Crippen molar-refractivity contribution >= 4 is 40.1 Å². The summed E-state index contributed by atoms with van der Waals surface area (Å²) in [5.74, 6) is -0.746. The quantitative estimate of drug-likeness (QED) is 0.574. The third-order valence-corrected chi connectivity index (χ3v) is 3.88. The number of imidazole rings is 1. The number of halogens is 1. The Morgan fingerprint density at radius 2 is 1.72 bits per heavy atom. The van der Waals surface area contributed by atoms with E-state index in [2.05, 4.69) is 20.6 Å². The highest BCUT2D eigenvalue weighted by molar-refractivity contribution is 6.30. The van der Waals surface area contributed by atoms with E-state index >= 15 is 0 Å². The Labute approximate surface area is 147 Å². The normalized spacial score (nSPS) is 11.9. The van der Waals surface area contributed by atoms with Gasteiger partial charge in [0.25, 0.3) is 5.91 Å². The Balaban J connectivity index is 1.65. The molecule has 1 aromatic heterocycles. The number of anilines is 1. The van der Waals surface area contributed by atoms with E-state index in [4.69, 9.17) is 11.6 Å². The zero-order valence-corrected chi connectivity index (χ0v) is 14.0. The largest absolute Gasteiger partial charge is 0.341 e. The number of carbonyl (C=O) groups is 2. The van der Waals surface area contributed by atoms with Crippen molar-refractivity contribution in [1.29, 1.82) is 0 Å². The van der Waals surface area contributed by atoms with Gasteiger partial charge in [0.15, 0.2) is 0 Å². The Morgan fingerprint density at radius 3 is 2.44 bits per heavy atom. The lowest BCUT2D eigenvalue weighted by atomic mass is 10.2. The van der Waals surface area contributed by atoms with Gasteiger partial charge >= 0.3 is 5.69 Å². The molecule has 1 unspecified atom stereocenters. The molecule has 0 saturated heterocycles. The molecule has 2 aromatic carbocycles. The molecule has 3 aromatic rings. The van der Waals surface area contributed by atoms with E-state index in [1.165, 1.54) is 0 Å². The molecule has 0 fully saturated rings. The first-order chi connectivity index (χ1) is 11.9. The van der Waals surface area contributed by atoms with Crippen molar-refractivity contribution in [3.05, 3.63) is 63.5 Å². The SMILES string of the molecule is CC(NC(=O)c1ccc(Cl)cc1)C(=O)Nc1ccc2[nH]c(=O)[nH]c2c1. The molecule has 7 nitrogen and oxygen atoms in total. The van der Waals surface area contributed by atoms with Crippen molar-refractivity contribution in [2.75, 3.05) is 5.32 Å². The highest BCUT2D eigenvalue weighted by Gasteiger charge is 2.17. The van der Waals surface area contributed by atoms with E-state index in [0.717, 1.165) is 0 Å². The minimum Gasteiger partial charge on any atom is -0.341 e. The van der Waals surface area contributed by atoms with Crippen molar-refractivity contribution in [3.8, 4) is 0 Å². The summed E-state index contributed by atoms with van der Waals surface area (Å²) in [6.45, 7) is 1.58. The summed E-state index contributed by atoms with van der Waals surface area (Å²) in [5, 5.41) is 5.85. The first-order valence-electron chi connectivity index (χ1n) is 7.52. The van der Waals surface area contributed by atoms with Crippen LogP contribution in [-0.2, 0) is 4.79 Å². The first-order valence-corrected chi connectivity index (χ1v) is 7.89. The van der Waals surface area contributed by atoms with Crippen LogP contribution in [0.5, 0.6) is 0 Å². The van der Waals surface area contributed by atoms with Gasteiger partial charge in [-0.1, -0.05) is 11.6 Å². The van der Waals surface area contributed by atoms with Crippen LogP contribution in [0.4, 0.5) is 5.69 Å². The third-order valence-electron chi connectivity index (χ3n) is 3.63. The van der Waals surface area contributed by atoms with Crippen molar-refractivity contribution in [1.82, 2.24) is 15.3 Å². The van der Waals surface area contributed by atoms with E-state index < -0.39 is 6.04 Å². The lowest BCUT2D eigenvalue weighted by Gasteiger charge is -2.14. The second kappa shape index (κ2) is 6.82. The number of hydrogen-bond acceptors (Lipinski definition) is 3. The number of H-pyrrole nitrogens is 2. The molecule has 1 heterocycles. The standard InChI is InChI=1S/C17H15ClN4O3/c1-9(19-16(24)10-2-4-11(18)5-3-10)15(23)20-12-6-7-13-14(8-12)22-17(25)21-13/h2-9H,1H3,(H,19,24)(H,20,23)(H2,21,22,25). The molecule has 8 heteroatoms. The van der Waals surface area contributed by atoms with Crippen LogP contribution in [0.2, 0.25) is 5.02 Å². The third kappa shape index (κ3) is 3.89. The van der Waals surface area contributed by atoms with E-state index in [1.54, 1.807) is 49.4 Å². The van der Waals surface area contributed by atoms with Crippen LogP contribution in [-0.4, -0.2) is 27.8 Å². The molecule has 0 saturated carbocycles. The highest BCUT2D eigenvalue weighted by atomic mass is 35.5. The fourth-order valence-electron chi connectivity index (χ4n) is 2.31. The maximum absolute atomic E-state index is 12.2. The summed E-state index contributed by atoms with van der Waals surface area (Å²) in [6, 6.07) is 10.6. The van der Waals surface area contributed by atoms with Crippen molar-refractivity contribution in [3.63, 3.8) is 0 Å². The lowest BCUT2D eigenvalue weighted by Crippen LogP contribution is -2.41. The van der Waals surface area contributed by atoms with E-state index in [9.17, 15) is 14.4 Å². The fraction of sp³-hybridized carbons (Fsp3) is 0.118. The lowest BCUT2D eigenvalue weighted by molar-refractivity contribution is -0.117. The summed E-state index contributed by atoms with van der Waals surface area (Å²) in [4.78, 5) is 40.9. The van der Waals surface area contributed by atoms with Crippen molar-refractivity contribution < 1.29 is 9.59 Å². The van der Waals surface area contributed by atoms with Crippen LogP contribution < -0.4 is 16.3 Å². The van der Waals surface area contributed by atoms with Gasteiger partial charge in [-0.05, 0) is 49.4 Å². The molecule has 3 rings (SSSR count). The fourth-order valence-corrected chi connectivity index (χ4v) is 2.43. The van der Waals surface area contributed by atoms with Gasteiger partial charge in [0.1, 0.15) is 6.04 Å². The molecule has 0 aliphatic carbocycles. The maximum Gasteiger partial charge on any atom is 0.323 e. The zero-order chi connectivity index (χ0) is 18.0. The topological polar surface area (TPSA) is 107 Å². The molecular weight excluding hydrogens is 344 g/mol. The van der Waals surface area contributed by atoms with Gasteiger partial charge in [0.05, 0.1) is 11.0 Å². The Bertz CT molecular complexity index is 991. The molecule has 0 spiro atoms. The second-order valence-electron chi connectivity index (χ2n) is 5.53. The van der Waals surface area contributed by atoms with Gasteiger partial charge in [-0.25, -0.2) is 4.79 Å². The monoisotopic (exact) mass is 358 g/mol. The van der Waals surface area contributed by atoms with Crippen LogP contribution in [0.25, 0.3) is 11.0 Å². The molecule has 0 aliphatic rings. The summed E-state index contributed by atoms with van der Waals surface area (Å²) in [5.41, 5.74) is 1.84. The maximum atomic E-state index is 12.2. The van der Waals surface area contributed by atoms with Crippen molar-refractivity contribution in [2.45, 2.75) is 13.0 Å². The minimum absolute atomic E-state index is 0.318. The summed E-state index contributed by atoms with van der Waals surface area (Å²) < 4.78 is 0.